The van der Waals surface area contributed by atoms with Gasteiger partial charge in [-0.2, -0.15) is 0 Å². The Balaban J connectivity index is 2.36. The third kappa shape index (κ3) is 3.55. The summed E-state index contributed by atoms with van der Waals surface area (Å²) in [5.74, 6) is -1.04. The number of rotatable bonds is 5. The standard InChI is InChI=1S/C10H12O4/c11-9(6-14-7-10(12)13)8-4-2-1-3-5-8/h1-5,9,11H,6-7H2,(H,12,13). The Bertz CT molecular complexity index is 283. The Morgan fingerprint density at radius 3 is 2.57 bits per heavy atom. The maximum absolute atomic E-state index is 10.1. The van der Waals surface area contributed by atoms with Crippen LogP contribution in [0.4, 0.5) is 0 Å². The van der Waals surface area contributed by atoms with Gasteiger partial charge in [-0.15, -0.1) is 0 Å². The van der Waals surface area contributed by atoms with Crippen molar-refractivity contribution in [1.29, 1.82) is 0 Å². The van der Waals surface area contributed by atoms with Crippen LogP contribution in [0.2, 0.25) is 0 Å². The van der Waals surface area contributed by atoms with E-state index in [0.29, 0.717) is 0 Å². The van der Waals surface area contributed by atoms with Gasteiger partial charge in [-0.1, -0.05) is 30.3 Å². The molecule has 1 aromatic rings. The van der Waals surface area contributed by atoms with E-state index in [1.807, 2.05) is 6.07 Å². The fourth-order valence-electron chi connectivity index (χ4n) is 1.03. The number of hydrogen-bond donors (Lipinski definition) is 2. The molecule has 0 aliphatic rings. The molecule has 0 amide bonds. The Kier molecular flexibility index (Phi) is 4.10. The number of hydrogen-bond acceptors (Lipinski definition) is 3. The Hall–Kier alpha value is -1.39. The van der Waals surface area contributed by atoms with Gasteiger partial charge in [0.15, 0.2) is 0 Å². The molecule has 0 aromatic heterocycles. The summed E-state index contributed by atoms with van der Waals surface area (Å²) < 4.78 is 4.76. The van der Waals surface area contributed by atoms with Crippen molar-refractivity contribution >= 4 is 5.97 Å². The van der Waals surface area contributed by atoms with Crippen LogP contribution >= 0.6 is 0 Å². The van der Waals surface area contributed by atoms with Crippen molar-refractivity contribution in [3.05, 3.63) is 35.9 Å². The molecule has 0 spiro atoms. The van der Waals surface area contributed by atoms with Crippen molar-refractivity contribution < 1.29 is 19.7 Å². The Morgan fingerprint density at radius 2 is 2.00 bits per heavy atom. The van der Waals surface area contributed by atoms with Crippen LogP contribution in [0.5, 0.6) is 0 Å². The van der Waals surface area contributed by atoms with Crippen LogP contribution in [0.25, 0.3) is 0 Å². The maximum atomic E-state index is 10.1. The van der Waals surface area contributed by atoms with Crippen LogP contribution in [-0.4, -0.2) is 29.4 Å². The number of aliphatic carboxylic acids is 1. The molecule has 1 aromatic carbocycles. The van der Waals surface area contributed by atoms with Gasteiger partial charge in [0.05, 0.1) is 6.61 Å². The van der Waals surface area contributed by atoms with E-state index in [0.717, 1.165) is 5.56 Å². The number of benzene rings is 1. The molecule has 76 valence electrons. The normalized spacial score (nSPS) is 12.4. The van der Waals surface area contributed by atoms with Gasteiger partial charge in [-0.05, 0) is 5.56 Å². The molecule has 1 rings (SSSR count). The summed E-state index contributed by atoms with van der Waals surface area (Å²) >= 11 is 0. The van der Waals surface area contributed by atoms with Gasteiger partial charge in [0, 0.05) is 0 Å². The van der Waals surface area contributed by atoms with Crippen molar-refractivity contribution in [3.63, 3.8) is 0 Å². The summed E-state index contributed by atoms with van der Waals surface area (Å²) in [6.45, 7) is -0.389. The fraction of sp³-hybridized carbons (Fsp3) is 0.300. The predicted molar refractivity (Wildman–Crippen MR) is 49.9 cm³/mol. The third-order valence-corrected chi connectivity index (χ3v) is 1.69. The van der Waals surface area contributed by atoms with Crippen LogP contribution in [-0.2, 0) is 9.53 Å². The quantitative estimate of drug-likeness (QED) is 0.731. The summed E-state index contributed by atoms with van der Waals surface area (Å²) in [6.07, 6.45) is -0.768. The number of aliphatic hydroxyl groups excluding tert-OH is 1. The zero-order chi connectivity index (χ0) is 10.4. The molecule has 4 nitrogen and oxygen atoms in total. The molecule has 0 fully saturated rings. The minimum absolute atomic E-state index is 0.00366. The Labute approximate surface area is 81.8 Å². The van der Waals surface area contributed by atoms with E-state index in [1.165, 1.54) is 0 Å². The highest BCUT2D eigenvalue weighted by Crippen LogP contribution is 2.11. The monoisotopic (exact) mass is 196 g/mol. The lowest BCUT2D eigenvalue weighted by molar-refractivity contribution is -0.143. The number of ether oxygens (including phenoxy) is 1. The molecular formula is C10H12O4. The molecule has 1 unspecified atom stereocenters. The van der Waals surface area contributed by atoms with E-state index in [9.17, 15) is 9.90 Å². The van der Waals surface area contributed by atoms with Gasteiger partial charge in [0.25, 0.3) is 0 Å². The summed E-state index contributed by atoms with van der Waals surface area (Å²) in [5.41, 5.74) is 0.720. The van der Waals surface area contributed by atoms with Gasteiger partial charge >= 0.3 is 5.97 Å². The molecule has 0 saturated carbocycles. The smallest absolute Gasteiger partial charge is 0.329 e. The first-order valence-electron chi connectivity index (χ1n) is 4.22. The molecule has 14 heavy (non-hydrogen) atoms. The van der Waals surface area contributed by atoms with Crippen molar-refractivity contribution in [3.8, 4) is 0 Å². The predicted octanol–water partition coefficient (Wildman–Crippen LogP) is 0.821. The Morgan fingerprint density at radius 1 is 1.36 bits per heavy atom. The zero-order valence-corrected chi connectivity index (χ0v) is 7.59. The second-order valence-corrected chi connectivity index (χ2v) is 2.84. The van der Waals surface area contributed by atoms with Gasteiger partial charge in [0.1, 0.15) is 12.7 Å². The molecule has 0 heterocycles. The largest absolute Gasteiger partial charge is 0.480 e. The van der Waals surface area contributed by atoms with E-state index < -0.39 is 12.1 Å². The van der Waals surface area contributed by atoms with Gasteiger partial charge < -0.3 is 14.9 Å². The van der Waals surface area contributed by atoms with E-state index in [2.05, 4.69) is 0 Å². The third-order valence-electron chi connectivity index (χ3n) is 1.69. The molecule has 0 radical (unpaired) electrons. The van der Waals surface area contributed by atoms with E-state index >= 15 is 0 Å². The van der Waals surface area contributed by atoms with Gasteiger partial charge in [0.2, 0.25) is 0 Å². The van der Waals surface area contributed by atoms with Crippen LogP contribution in [0.15, 0.2) is 30.3 Å². The molecule has 4 heteroatoms. The average Bonchev–Trinajstić information content (AvgIpc) is 2.18. The van der Waals surface area contributed by atoms with E-state index in [4.69, 9.17) is 9.84 Å². The van der Waals surface area contributed by atoms with Gasteiger partial charge in [-0.25, -0.2) is 4.79 Å². The first-order valence-corrected chi connectivity index (χ1v) is 4.22. The highest BCUT2D eigenvalue weighted by atomic mass is 16.5. The van der Waals surface area contributed by atoms with Crippen molar-refractivity contribution in [2.75, 3.05) is 13.2 Å². The van der Waals surface area contributed by atoms with Crippen molar-refractivity contribution in [2.24, 2.45) is 0 Å². The molecule has 1 atom stereocenters. The number of carboxylic acid groups (broad SMARTS) is 1. The number of carbonyl (C=O) groups is 1. The van der Waals surface area contributed by atoms with Crippen LogP contribution in [0, 0.1) is 0 Å². The molecule has 0 bridgehead atoms. The minimum atomic E-state index is -1.04. The lowest BCUT2D eigenvalue weighted by Crippen LogP contribution is -2.12. The van der Waals surface area contributed by atoms with Crippen molar-refractivity contribution in [2.45, 2.75) is 6.10 Å². The van der Waals surface area contributed by atoms with Crippen LogP contribution < -0.4 is 0 Å². The molecule has 0 saturated heterocycles. The van der Waals surface area contributed by atoms with E-state index in [1.54, 1.807) is 24.3 Å². The zero-order valence-electron chi connectivity index (χ0n) is 7.59. The average molecular weight is 196 g/mol. The summed E-state index contributed by atoms with van der Waals surface area (Å²) in [7, 11) is 0. The topological polar surface area (TPSA) is 66.8 Å². The fourth-order valence-corrected chi connectivity index (χ4v) is 1.03. The van der Waals surface area contributed by atoms with Crippen LogP contribution in [0.1, 0.15) is 11.7 Å². The first-order chi connectivity index (χ1) is 6.70. The summed E-state index contributed by atoms with van der Waals surface area (Å²) in [5, 5.41) is 17.8. The highest BCUT2D eigenvalue weighted by molar-refractivity contribution is 5.67. The van der Waals surface area contributed by atoms with Crippen LogP contribution in [0.3, 0.4) is 0 Å². The lowest BCUT2D eigenvalue weighted by atomic mass is 10.1. The summed E-state index contributed by atoms with van der Waals surface area (Å²) in [4.78, 5) is 10.1. The van der Waals surface area contributed by atoms with E-state index in [-0.39, 0.29) is 13.2 Å². The SMILES string of the molecule is O=C(O)COCC(O)c1ccccc1. The van der Waals surface area contributed by atoms with Crippen molar-refractivity contribution in [1.82, 2.24) is 0 Å². The maximum Gasteiger partial charge on any atom is 0.329 e. The second-order valence-electron chi connectivity index (χ2n) is 2.84. The first kappa shape index (κ1) is 10.7. The number of aliphatic hydroxyl groups is 1. The summed E-state index contributed by atoms with van der Waals surface area (Å²) in [6, 6.07) is 8.96. The highest BCUT2D eigenvalue weighted by Gasteiger charge is 2.07. The molecule has 2 N–H and O–H groups in total. The molecule has 0 aliphatic heterocycles. The second kappa shape index (κ2) is 5.36. The molecular weight excluding hydrogens is 184 g/mol. The minimum Gasteiger partial charge on any atom is -0.480 e. The lowest BCUT2D eigenvalue weighted by Gasteiger charge is -2.09. The molecule has 0 aliphatic carbocycles. The van der Waals surface area contributed by atoms with Gasteiger partial charge in [-0.3, -0.25) is 0 Å². The number of carboxylic acids is 1.